The van der Waals surface area contributed by atoms with E-state index in [-0.39, 0.29) is 0 Å². The molecule has 1 aromatic carbocycles. The largest absolute Gasteiger partial charge is 0.439 e. The molecule has 0 aliphatic carbocycles. The molecule has 0 amide bonds. The van der Waals surface area contributed by atoms with E-state index in [0.717, 1.165) is 12.3 Å². The van der Waals surface area contributed by atoms with E-state index in [1.807, 2.05) is 42.6 Å². The van der Waals surface area contributed by atoms with Crippen LogP contribution in [0.4, 0.5) is 0 Å². The second kappa shape index (κ2) is 5.85. The van der Waals surface area contributed by atoms with Gasteiger partial charge in [0.2, 0.25) is 5.88 Å². The fraction of sp³-hybridized carbons (Fsp3) is 0.312. The molecular weight excluding hydrogens is 236 g/mol. The van der Waals surface area contributed by atoms with Crippen LogP contribution in [0.1, 0.15) is 30.9 Å². The minimum absolute atomic E-state index is 0.451. The van der Waals surface area contributed by atoms with Crippen LogP contribution in [0.25, 0.3) is 0 Å². The van der Waals surface area contributed by atoms with Crippen molar-refractivity contribution in [1.82, 2.24) is 10.3 Å². The first-order chi connectivity index (χ1) is 9.42. The Hall–Kier alpha value is -1.87. The van der Waals surface area contributed by atoms with Gasteiger partial charge >= 0.3 is 0 Å². The van der Waals surface area contributed by atoms with Crippen LogP contribution in [0.15, 0.2) is 48.7 Å². The van der Waals surface area contributed by atoms with E-state index in [0.29, 0.717) is 11.9 Å². The van der Waals surface area contributed by atoms with Gasteiger partial charge in [0.1, 0.15) is 5.75 Å². The lowest BCUT2D eigenvalue weighted by Gasteiger charge is -2.23. The van der Waals surface area contributed by atoms with Crippen LogP contribution in [-0.2, 0) is 0 Å². The molecular formula is C16H18N2O. The lowest BCUT2D eigenvalue weighted by atomic mass is 9.99. The average Bonchev–Trinajstić information content (AvgIpc) is 2.50. The van der Waals surface area contributed by atoms with E-state index < -0.39 is 0 Å². The van der Waals surface area contributed by atoms with Crippen LogP contribution in [0.3, 0.4) is 0 Å². The second-order valence-corrected chi connectivity index (χ2v) is 4.85. The van der Waals surface area contributed by atoms with E-state index in [2.05, 4.69) is 16.4 Å². The van der Waals surface area contributed by atoms with Crippen molar-refractivity contribution in [1.29, 1.82) is 0 Å². The Morgan fingerprint density at radius 2 is 1.95 bits per heavy atom. The van der Waals surface area contributed by atoms with Crippen molar-refractivity contribution in [3.8, 4) is 11.6 Å². The Balaban J connectivity index is 1.68. The van der Waals surface area contributed by atoms with Crippen molar-refractivity contribution >= 4 is 0 Å². The number of para-hydroxylation sites is 1. The summed E-state index contributed by atoms with van der Waals surface area (Å²) in [5, 5.41) is 3.52. The molecule has 2 aromatic rings. The van der Waals surface area contributed by atoms with E-state index in [1.165, 1.54) is 24.8 Å². The van der Waals surface area contributed by atoms with Gasteiger partial charge in [-0.1, -0.05) is 30.7 Å². The Morgan fingerprint density at radius 3 is 2.63 bits per heavy atom. The van der Waals surface area contributed by atoms with Crippen molar-refractivity contribution in [2.24, 2.45) is 0 Å². The third-order valence-electron chi connectivity index (χ3n) is 3.44. The van der Waals surface area contributed by atoms with Gasteiger partial charge < -0.3 is 10.1 Å². The standard InChI is InChI=1S/C16H18N2O/c1-2-6-14(7-3-1)19-16-10-9-13(12-18-16)15-8-4-5-11-17-15/h1-3,6-7,9-10,12,15,17H,4-5,8,11H2/t15-/m0/s1. The van der Waals surface area contributed by atoms with Gasteiger partial charge in [-0.25, -0.2) is 4.98 Å². The Bertz CT molecular complexity index is 504. The van der Waals surface area contributed by atoms with Crippen LogP contribution in [0.5, 0.6) is 11.6 Å². The third-order valence-corrected chi connectivity index (χ3v) is 3.44. The van der Waals surface area contributed by atoms with Crippen LogP contribution >= 0.6 is 0 Å². The summed E-state index contributed by atoms with van der Waals surface area (Å²) in [6, 6.07) is 14.2. The molecule has 1 N–H and O–H groups in total. The molecule has 0 spiro atoms. The Morgan fingerprint density at radius 1 is 1.05 bits per heavy atom. The van der Waals surface area contributed by atoms with E-state index in [4.69, 9.17) is 4.74 Å². The third kappa shape index (κ3) is 3.12. The predicted molar refractivity (Wildman–Crippen MR) is 75.3 cm³/mol. The van der Waals surface area contributed by atoms with Gasteiger partial charge in [-0.15, -0.1) is 0 Å². The number of benzene rings is 1. The minimum atomic E-state index is 0.451. The topological polar surface area (TPSA) is 34.1 Å². The van der Waals surface area contributed by atoms with Gasteiger partial charge in [0.25, 0.3) is 0 Å². The van der Waals surface area contributed by atoms with E-state index in [9.17, 15) is 0 Å². The summed E-state index contributed by atoms with van der Waals surface area (Å²) in [6.45, 7) is 1.10. The summed E-state index contributed by atoms with van der Waals surface area (Å²) < 4.78 is 5.69. The highest BCUT2D eigenvalue weighted by atomic mass is 16.5. The number of piperidine rings is 1. The van der Waals surface area contributed by atoms with Crippen LogP contribution in [0.2, 0.25) is 0 Å². The summed E-state index contributed by atoms with van der Waals surface area (Å²) in [6.07, 6.45) is 5.68. The molecule has 0 bridgehead atoms. The first kappa shape index (κ1) is 12.2. The van der Waals surface area contributed by atoms with E-state index >= 15 is 0 Å². The van der Waals surface area contributed by atoms with E-state index in [1.54, 1.807) is 0 Å². The number of hydrogen-bond donors (Lipinski definition) is 1. The zero-order valence-corrected chi connectivity index (χ0v) is 10.9. The molecule has 3 rings (SSSR count). The normalized spacial score (nSPS) is 19.1. The molecule has 1 aromatic heterocycles. The predicted octanol–water partition coefficient (Wildman–Crippen LogP) is 3.69. The Labute approximate surface area is 113 Å². The highest BCUT2D eigenvalue weighted by Gasteiger charge is 2.14. The smallest absolute Gasteiger partial charge is 0.219 e. The highest BCUT2D eigenvalue weighted by Crippen LogP contribution is 2.24. The summed E-state index contributed by atoms with van der Waals surface area (Å²) >= 11 is 0. The average molecular weight is 254 g/mol. The summed E-state index contributed by atoms with van der Waals surface area (Å²) in [7, 11) is 0. The van der Waals surface area contributed by atoms with Gasteiger partial charge in [-0.05, 0) is 37.1 Å². The Kier molecular flexibility index (Phi) is 3.75. The lowest BCUT2D eigenvalue weighted by Crippen LogP contribution is -2.26. The van der Waals surface area contributed by atoms with Crippen molar-refractivity contribution in [2.45, 2.75) is 25.3 Å². The first-order valence-corrected chi connectivity index (χ1v) is 6.84. The number of pyridine rings is 1. The number of nitrogens with one attached hydrogen (secondary N) is 1. The SMILES string of the molecule is c1ccc(Oc2ccc([C@@H]3CCCCN3)cn2)cc1. The molecule has 98 valence electrons. The minimum Gasteiger partial charge on any atom is -0.439 e. The van der Waals surface area contributed by atoms with Crippen molar-refractivity contribution in [3.05, 3.63) is 54.2 Å². The second-order valence-electron chi connectivity index (χ2n) is 4.85. The van der Waals surface area contributed by atoms with Crippen LogP contribution in [-0.4, -0.2) is 11.5 Å². The van der Waals surface area contributed by atoms with Crippen molar-refractivity contribution < 1.29 is 4.74 Å². The number of ether oxygens (including phenoxy) is 1. The maximum Gasteiger partial charge on any atom is 0.219 e. The maximum atomic E-state index is 5.69. The fourth-order valence-corrected chi connectivity index (χ4v) is 2.40. The van der Waals surface area contributed by atoms with Gasteiger partial charge in [-0.3, -0.25) is 0 Å². The molecule has 1 atom stereocenters. The fourth-order valence-electron chi connectivity index (χ4n) is 2.40. The monoisotopic (exact) mass is 254 g/mol. The molecule has 1 fully saturated rings. The maximum absolute atomic E-state index is 5.69. The van der Waals surface area contributed by atoms with Gasteiger partial charge in [-0.2, -0.15) is 0 Å². The molecule has 3 nitrogen and oxygen atoms in total. The summed E-state index contributed by atoms with van der Waals surface area (Å²) in [5.74, 6) is 1.46. The zero-order valence-electron chi connectivity index (χ0n) is 10.9. The molecule has 3 heteroatoms. The highest BCUT2D eigenvalue weighted by molar-refractivity contribution is 5.28. The quantitative estimate of drug-likeness (QED) is 0.907. The lowest BCUT2D eigenvalue weighted by molar-refractivity contribution is 0.409. The summed E-state index contributed by atoms with van der Waals surface area (Å²) in [4.78, 5) is 4.39. The number of aromatic nitrogens is 1. The number of rotatable bonds is 3. The molecule has 19 heavy (non-hydrogen) atoms. The van der Waals surface area contributed by atoms with Crippen molar-refractivity contribution in [3.63, 3.8) is 0 Å². The molecule has 0 unspecified atom stereocenters. The molecule has 1 aliphatic heterocycles. The summed E-state index contributed by atoms with van der Waals surface area (Å²) in [5.41, 5.74) is 1.25. The van der Waals surface area contributed by atoms with Gasteiger partial charge in [0, 0.05) is 18.3 Å². The zero-order chi connectivity index (χ0) is 12.9. The molecule has 1 aliphatic rings. The van der Waals surface area contributed by atoms with Crippen molar-refractivity contribution in [2.75, 3.05) is 6.54 Å². The first-order valence-electron chi connectivity index (χ1n) is 6.84. The van der Waals surface area contributed by atoms with Crippen LogP contribution < -0.4 is 10.1 Å². The molecule has 0 saturated carbocycles. The number of hydrogen-bond acceptors (Lipinski definition) is 3. The number of nitrogens with zero attached hydrogens (tertiary/aromatic N) is 1. The van der Waals surface area contributed by atoms with Gasteiger partial charge in [0.05, 0.1) is 0 Å². The molecule has 0 radical (unpaired) electrons. The molecule has 1 saturated heterocycles. The molecule has 2 heterocycles. The van der Waals surface area contributed by atoms with Gasteiger partial charge in [0.15, 0.2) is 0 Å². The van der Waals surface area contributed by atoms with Crippen LogP contribution in [0, 0.1) is 0 Å².